The second-order valence-corrected chi connectivity index (χ2v) is 8.20. The Labute approximate surface area is 209 Å². The van der Waals surface area contributed by atoms with Gasteiger partial charge in [0.25, 0.3) is 5.91 Å². The predicted octanol–water partition coefficient (Wildman–Crippen LogP) is 4.78. The summed E-state index contributed by atoms with van der Waals surface area (Å²) in [4.78, 5) is 36.5. The molecular weight excluding hydrogens is 458 g/mol. The monoisotopic (exact) mass is 485 g/mol. The Morgan fingerprint density at radius 2 is 1.69 bits per heavy atom. The van der Waals surface area contributed by atoms with Crippen molar-refractivity contribution in [3.8, 4) is 17.5 Å². The molecule has 8 nitrogen and oxygen atoms in total. The van der Waals surface area contributed by atoms with Crippen LogP contribution >= 0.6 is 0 Å². The van der Waals surface area contributed by atoms with E-state index in [0.717, 1.165) is 22.8 Å². The quantitative estimate of drug-likeness (QED) is 0.213. The van der Waals surface area contributed by atoms with Gasteiger partial charge in [0.2, 0.25) is 0 Å². The van der Waals surface area contributed by atoms with Crippen molar-refractivity contribution in [1.82, 2.24) is 4.57 Å². The molecule has 1 unspecified atom stereocenters. The van der Waals surface area contributed by atoms with Crippen molar-refractivity contribution < 1.29 is 23.9 Å². The number of nitriles is 1. The molecule has 1 atom stereocenters. The summed E-state index contributed by atoms with van der Waals surface area (Å²) in [7, 11) is 1.60. The molecule has 3 aromatic rings. The number of ketones is 1. The molecule has 2 aromatic carbocycles. The fourth-order valence-corrected chi connectivity index (χ4v) is 3.66. The summed E-state index contributed by atoms with van der Waals surface area (Å²) in [6.45, 7) is 6.68. The largest absolute Gasteiger partial charge is 0.497 e. The summed E-state index contributed by atoms with van der Waals surface area (Å²) in [5, 5.41) is 12.2. The van der Waals surface area contributed by atoms with Gasteiger partial charge in [-0.3, -0.25) is 9.59 Å². The van der Waals surface area contributed by atoms with Crippen molar-refractivity contribution >= 4 is 29.4 Å². The Balaban J connectivity index is 1.73. The Bertz CT molecular complexity index is 1360. The maximum Gasteiger partial charge on any atom is 0.349 e. The Morgan fingerprint density at radius 3 is 2.25 bits per heavy atom. The van der Waals surface area contributed by atoms with Crippen LogP contribution in [0.5, 0.6) is 5.75 Å². The minimum Gasteiger partial charge on any atom is -0.497 e. The van der Waals surface area contributed by atoms with Gasteiger partial charge in [0, 0.05) is 28.3 Å². The van der Waals surface area contributed by atoms with E-state index in [2.05, 4.69) is 5.32 Å². The van der Waals surface area contributed by atoms with Gasteiger partial charge in [-0.05, 0) is 93.9 Å². The highest BCUT2D eigenvalue weighted by atomic mass is 16.5. The third-order valence-corrected chi connectivity index (χ3v) is 5.65. The number of esters is 1. The highest BCUT2D eigenvalue weighted by Crippen LogP contribution is 2.24. The van der Waals surface area contributed by atoms with E-state index in [1.54, 1.807) is 31.4 Å². The third-order valence-electron chi connectivity index (χ3n) is 5.65. The zero-order valence-electron chi connectivity index (χ0n) is 20.8. The van der Waals surface area contributed by atoms with E-state index in [-0.39, 0.29) is 11.4 Å². The standard InChI is InChI=1S/C28H27N3O5/c1-17-14-22(18(2)31(17)25-10-12-26(35-5)13-11-25)15-23(16-29)28(34)36-20(4)27(33)30-24-8-6-21(7-9-24)19(3)32/h6-15,20H,1-5H3,(H,30,33)/b23-15+. The molecule has 184 valence electrons. The molecule has 1 heterocycles. The highest BCUT2D eigenvalue weighted by molar-refractivity contribution is 6.01. The van der Waals surface area contributed by atoms with Crippen LogP contribution in [0.4, 0.5) is 5.69 Å². The van der Waals surface area contributed by atoms with Crippen molar-refractivity contribution in [1.29, 1.82) is 5.26 Å². The number of carbonyl (C=O) groups is 3. The Hall–Kier alpha value is -4.64. The van der Waals surface area contributed by atoms with E-state index in [4.69, 9.17) is 9.47 Å². The maximum atomic E-state index is 12.7. The molecule has 0 radical (unpaired) electrons. The van der Waals surface area contributed by atoms with Gasteiger partial charge in [-0.25, -0.2) is 4.79 Å². The number of Topliss-reactive ketones (excluding diaryl/α,β-unsaturated/α-hetero) is 1. The molecule has 8 heteroatoms. The van der Waals surface area contributed by atoms with Gasteiger partial charge in [-0.15, -0.1) is 0 Å². The second-order valence-electron chi connectivity index (χ2n) is 8.20. The molecule has 0 saturated heterocycles. The Morgan fingerprint density at radius 1 is 1.06 bits per heavy atom. The summed E-state index contributed by atoms with van der Waals surface area (Å²) >= 11 is 0. The molecule has 3 rings (SSSR count). The van der Waals surface area contributed by atoms with Gasteiger partial charge in [0.05, 0.1) is 7.11 Å². The van der Waals surface area contributed by atoms with Crippen molar-refractivity contribution in [2.45, 2.75) is 33.8 Å². The summed E-state index contributed by atoms with van der Waals surface area (Å²) in [5.41, 5.74) is 4.08. The molecular formula is C28H27N3O5. The van der Waals surface area contributed by atoms with Crippen LogP contribution in [0, 0.1) is 25.2 Å². The number of aryl methyl sites for hydroxylation is 1. The molecule has 1 N–H and O–H groups in total. The van der Waals surface area contributed by atoms with Crippen molar-refractivity contribution in [3.63, 3.8) is 0 Å². The van der Waals surface area contributed by atoms with Crippen LogP contribution < -0.4 is 10.1 Å². The van der Waals surface area contributed by atoms with Crippen LogP contribution in [0.15, 0.2) is 60.2 Å². The van der Waals surface area contributed by atoms with Crippen LogP contribution in [0.1, 0.15) is 41.2 Å². The first-order valence-electron chi connectivity index (χ1n) is 11.2. The molecule has 0 saturated carbocycles. The van der Waals surface area contributed by atoms with Gasteiger partial charge in [0.15, 0.2) is 11.9 Å². The molecule has 1 aromatic heterocycles. The zero-order chi connectivity index (χ0) is 26.4. The van der Waals surface area contributed by atoms with E-state index in [9.17, 15) is 19.6 Å². The van der Waals surface area contributed by atoms with Crippen molar-refractivity contribution in [3.05, 3.63) is 82.7 Å². The smallest absolute Gasteiger partial charge is 0.349 e. The number of anilines is 1. The summed E-state index contributed by atoms with van der Waals surface area (Å²) < 4.78 is 12.5. The SMILES string of the molecule is COc1ccc(-n2c(C)cc(/C=C(\C#N)C(=O)OC(C)C(=O)Nc3ccc(C(C)=O)cc3)c2C)cc1. The molecule has 1 amide bonds. The topological polar surface area (TPSA) is 110 Å². The van der Waals surface area contributed by atoms with Crippen molar-refractivity contribution in [2.75, 3.05) is 12.4 Å². The second kappa shape index (κ2) is 11.2. The Kier molecular flexibility index (Phi) is 8.07. The van der Waals surface area contributed by atoms with Gasteiger partial charge in [-0.1, -0.05) is 0 Å². The number of hydrogen-bond acceptors (Lipinski definition) is 6. The third kappa shape index (κ3) is 5.88. The molecule has 0 aliphatic carbocycles. The predicted molar refractivity (Wildman–Crippen MR) is 136 cm³/mol. The number of rotatable bonds is 8. The average molecular weight is 486 g/mol. The van der Waals surface area contributed by atoms with Crippen LogP contribution in [0.3, 0.4) is 0 Å². The van der Waals surface area contributed by atoms with Gasteiger partial charge >= 0.3 is 5.97 Å². The van der Waals surface area contributed by atoms with E-state index < -0.39 is 18.0 Å². The molecule has 0 spiro atoms. The van der Waals surface area contributed by atoms with Gasteiger partial charge < -0.3 is 19.4 Å². The summed E-state index contributed by atoms with van der Waals surface area (Å²) in [6.07, 6.45) is 0.309. The fourth-order valence-electron chi connectivity index (χ4n) is 3.66. The molecule has 0 aliphatic rings. The number of nitrogens with zero attached hydrogens (tertiary/aromatic N) is 2. The normalized spacial score (nSPS) is 11.8. The first kappa shape index (κ1) is 26.0. The number of hydrogen-bond donors (Lipinski definition) is 1. The lowest BCUT2D eigenvalue weighted by Crippen LogP contribution is -2.30. The van der Waals surface area contributed by atoms with Gasteiger partial charge in [-0.2, -0.15) is 5.26 Å². The molecule has 36 heavy (non-hydrogen) atoms. The fraction of sp³-hybridized carbons (Fsp3) is 0.214. The average Bonchev–Trinajstić information content (AvgIpc) is 3.15. The number of ether oxygens (including phenoxy) is 2. The lowest BCUT2D eigenvalue weighted by molar-refractivity contribution is -0.148. The summed E-state index contributed by atoms with van der Waals surface area (Å²) in [5.74, 6) is -0.812. The highest BCUT2D eigenvalue weighted by Gasteiger charge is 2.21. The summed E-state index contributed by atoms with van der Waals surface area (Å²) in [6, 6.07) is 17.6. The minimum atomic E-state index is -1.14. The molecule has 0 aliphatic heterocycles. The van der Waals surface area contributed by atoms with E-state index in [0.29, 0.717) is 16.8 Å². The number of nitrogens with one attached hydrogen (secondary N) is 1. The van der Waals surface area contributed by atoms with E-state index in [1.807, 2.05) is 54.8 Å². The number of methoxy groups -OCH3 is 1. The molecule has 0 fully saturated rings. The molecule has 0 bridgehead atoms. The van der Waals surface area contributed by atoms with Gasteiger partial charge in [0.1, 0.15) is 17.4 Å². The van der Waals surface area contributed by atoms with Crippen LogP contribution in [-0.4, -0.2) is 35.4 Å². The number of carbonyl (C=O) groups excluding carboxylic acids is 3. The van der Waals surface area contributed by atoms with Crippen LogP contribution in [-0.2, 0) is 14.3 Å². The lowest BCUT2D eigenvalue weighted by atomic mass is 10.1. The van der Waals surface area contributed by atoms with Crippen LogP contribution in [0.2, 0.25) is 0 Å². The van der Waals surface area contributed by atoms with Crippen molar-refractivity contribution in [2.24, 2.45) is 0 Å². The van der Waals surface area contributed by atoms with E-state index >= 15 is 0 Å². The minimum absolute atomic E-state index is 0.0873. The lowest BCUT2D eigenvalue weighted by Gasteiger charge is -2.13. The first-order chi connectivity index (χ1) is 17.1. The zero-order valence-corrected chi connectivity index (χ0v) is 20.8. The maximum absolute atomic E-state index is 12.7. The first-order valence-corrected chi connectivity index (χ1v) is 11.2. The number of benzene rings is 2. The number of amides is 1. The number of aromatic nitrogens is 1. The van der Waals surface area contributed by atoms with Crippen LogP contribution in [0.25, 0.3) is 11.8 Å². The van der Waals surface area contributed by atoms with E-state index in [1.165, 1.54) is 19.9 Å².